The standard InChI is InChI=1S/C16H16N2O3/c1-11-8-15(21-16(11)20)14-5-3-2-4-13(14)12-9-17-18(10-12)6-7-19/h2-5,9-10,15,19H,1,6-8H2. The zero-order valence-corrected chi connectivity index (χ0v) is 11.5. The summed E-state index contributed by atoms with van der Waals surface area (Å²) in [4.78, 5) is 11.5. The van der Waals surface area contributed by atoms with Gasteiger partial charge in [-0.3, -0.25) is 4.68 Å². The molecule has 1 N–H and O–H groups in total. The van der Waals surface area contributed by atoms with Crippen LogP contribution >= 0.6 is 0 Å². The summed E-state index contributed by atoms with van der Waals surface area (Å²) in [6.07, 6.45) is 3.85. The number of carbonyl (C=O) groups excluding carboxylic acids is 1. The van der Waals surface area contributed by atoms with Crippen molar-refractivity contribution in [2.45, 2.75) is 19.1 Å². The average Bonchev–Trinajstić information content (AvgIpc) is 3.07. The molecule has 5 heteroatoms. The Hall–Kier alpha value is -2.40. The Morgan fingerprint density at radius 3 is 2.95 bits per heavy atom. The number of benzene rings is 1. The van der Waals surface area contributed by atoms with Gasteiger partial charge in [-0.25, -0.2) is 4.79 Å². The summed E-state index contributed by atoms with van der Waals surface area (Å²) in [6, 6.07) is 7.79. The molecule has 108 valence electrons. The van der Waals surface area contributed by atoms with Crippen LogP contribution in [0, 0.1) is 0 Å². The zero-order valence-electron chi connectivity index (χ0n) is 11.5. The lowest BCUT2D eigenvalue weighted by Gasteiger charge is -2.13. The first-order chi connectivity index (χ1) is 10.2. The molecule has 0 bridgehead atoms. The molecule has 2 heterocycles. The van der Waals surface area contributed by atoms with Crippen LogP contribution in [0.15, 0.2) is 48.8 Å². The molecular formula is C16H16N2O3. The second kappa shape index (κ2) is 5.54. The van der Waals surface area contributed by atoms with Crippen LogP contribution in [0.1, 0.15) is 18.1 Å². The number of esters is 1. The van der Waals surface area contributed by atoms with Gasteiger partial charge in [0.1, 0.15) is 6.10 Å². The maximum absolute atomic E-state index is 11.5. The van der Waals surface area contributed by atoms with Crippen LogP contribution in [0.3, 0.4) is 0 Å². The minimum Gasteiger partial charge on any atom is -0.454 e. The summed E-state index contributed by atoms with van der Waals surface area (Å²) < 4.78 is 7.06. The van der Waals surface area contributed by atoms with Crippen molar-refractivity contribution < 1.29 is 14.6 Å². The molecule has 5 nitrogen and oxygen atoms in total. The Labute approximate surface area is 122 Å². The van der Waals surface area contributed by atoms with Crippen molar-refractivity contribution in [2.24, 2.45) is 0 Å². The van der Waals surface area contributed by atoms with Crippen molar-refractivity contribution in [3.63, 3.8) is 0 Å². The summed E-state index contributed by atoms with van der Waals surface area (Å²) in [5, 5.41) is 13.2. The molecule has 1 saturated heterocycles. The number of carbonyl (C=O) groups is 1. The van der Waals surface area contributed by atoms with Gasteiger partial charge in [0.15, 0.2) is 0 Å². The normalized spacial score (nSPS) is 18.0. The van der Waals surface area contributed by atoms with Gasteiger partial charge in [0, 0.05) is 29.3 Å². The molecule has 3 rings (SSSR count). The van der Waals surface area contributed by atoms with Gasteiger partial charge in [0.05, 0.1) is 19.3 Å². The Morgan fingerprint density at radius 2 is 2.24 bits per heavy atom. The van der Waals surface area contributed by atoms with E-state index in [1.165, 1.54) is 0 Å². The van der Waals surface area contributed by atoms with E-state index in [1.54, 1.807) is 10.9 Å². The van der Waals surface area contributed by atoms with E-state index >= 15 is 0 Å². The summed E-state index contributed by atoms with van der Waals surface area (Å²) >= 11 is 0. The highest BCUT2D eigenvalue weighted by Gasteiger charge is 2.30. The number of aliphatic hydroxyl groups is 1. The predicted molar refractivity (Wildman–Crippen MR) is 77.3 cm³/mol. The SMILES string of the molecule is C=C1CC(c2ccccc2-c2cnn(CCO)c2)OC1=O. The largest absolute Gasteiger partial charge is 0.454 e. The van der Waals surface area contributed by atoms with E-state index in [2.05, 4.69) is 11.7 Å². The van der Waals surface area contributed by atoms with E-state index < -0.39 is 0 Å². The molecule has 1 fully saturated rings. The molecule has 1 atom stereocenters. The van der Waals surface area contributed by atoms with E-state index in [9.17, 15) is 4.79 Å². The van der Waals surface area contributed by atoms with Crippen molar-refractivity contribution >= 4 is 5.97 Å². The quantitative estimate of drug-likeness (QED) is 0.689. The fourth-order valence-corrected chi connectivity index (χ4v) is 2.50. The van der Waals surface area contributed by atoms with Crippen molar-refractivity contribution in [1.82, 2.24) is 9.78 Å². The summed E-state index contributed by atoms with van der Waals surface area (Å²) in [5.41, 5.74) is 3.38. The number of ether oxygens (including phenoxy) is 1. The first kappa shape index (κ1) is 13.6. The van der Waals surface area contributed by atoms with E-state index in [4.69, 9.17) is 9.84 Å². The van der Waals surface area contributed by atoms with Crippen LogP contribution in [0.2, 0.25) is 0 Å². The highest BCUT2D eigenvalue weighted by atomic mass is 16.5. The minimum atomic E-state index is -0.328. The first-order valence-electron chi connectivity index (χ1n) is 6.80. The third-order valence-electron chi connectivity index (χ3n) is 3.55. The summed E-state index contributed by atoms with van der Waals surface area (Å²) in [5.74, 6) is -0.328. The molecule has 0 aliphatic carbocycles. The van der Waals surface area contributed by atoms with Crippen molar-refractivity contribution in [3.05, 3.63) is 54.4 Å². The molecule has 1 aliphatic heterocycles. The first-order valence-corrected chi connectivity index (χ1v) is 6.80. The van der Waals surface area contributed by atoms with Gasteiger partial charge in [-0.05, 0) is 5.56 Å². The maximum atomic E-state index is 11.5. The van der Waals surface area contributed by atoms with Gasteiger partial charge in [0.2, 0.25) is 0 Å². The van der Waals surface area contributed by atoms with Crippen LogP contribution in [0.5, 0.6) is 0 Å². The highest BCUT2D eigenvalue weighted by Crippen LogP contribution is 2.37. The van der Waals surface area contributed by atoms with Crippen LogP contribution in [-0.4, -0.2) is 27.5 Å². The lowest BCUT2D eigenvalue weighted by molar-refractivity contribution is -0.139. The molecular weight excluding hydrogens is 268 g/mol. The molecule has 2 aromatic rings. The van der Waals surface area contributed by atoms with Gasteiger partial charge >= 0.3 is 5.97 Å². The minimum absolute atomic E-state index is 0.0445. The van der Waals surface area contributed by atoms with Crippen molar-refractivity contribution in [2.75, 3.05) is 6.61 Å². The second-order valence-electron chi connectivity index (χ2n) is 5.00. The Morgan fingerprint density at radius 1 is 1.43 bits per heavy atom. The summed E-state index contributed by atoms with van der Waals surface area (Å²) in [6.45, 7) is 4.22. The molecule has 1 aromatic carbocycles. The molecule has 1 aromatic heterocycles. The Bertz CT molecular complexity index is 674. The molecule has 0 radical (unpaired) electrons. The van der Waals surface area contributed by atoms with E-state index in [1.807, 2.05) is 30.5 Å². The predicted octanol–water partition coefficient (Wildman–Crippen LogP) is 2.09. The fourth-order valence-electron chi connectivity index (χ4n) is 2.50. The number of hydrogen-bond acceptors (Lipinski definition) is 4. The monoisotopic (exact) mass is 284 g/mol. The van der Waals surface area contributed by atoms with Crippen LogP contribution in [0.25, 0.3) is 11.1 Å². The molecule has 0 amide bonds. The number of hydrogen-bond donors (Lipinski definition) is 1. The zero-order chi connectivity index (χ0) is 14.8. The van der Waals surface area contributed by atoms with E-state index in [-0.39, 0.29) is 18.7 Å². The smallest absolute Gasteiger partial charge is 0.334 e. The third-order valence-corrected chi connectivity index (χ3v) is 3.55. The van der Waals surface area contributed by atoms with E-state index in [0.717, 1.165) is 16.7 Å². The van der Waals surface area contributed by atoms with Crippen LogP contribution < -0.4 is 0 Å². The Balaban J connectivity index is 1.95. The number of nitrogens with zero attached hydrogens (tertiary/aromatic N) is 2. The highest BCUT2D eigenvalue weighted by molar-refractivity contribution is 5.90. The molecule has 1 unspecified atom stereocenters. The Kier molecular flexibility index (Phi) is 3.58. The number of rotatable bonds is 4. The third kappa shape index (κ3) is 2.60. The van der Waals surface area contributed by atoms with Gasteiger partial charge in [-0.1, -0.05) is 30.8 Å². The van der Waals surface area contributed by atoms with Gasteiger partial charge < -0.3 is 9.84 Å². The maximum Gasteiger partial charge on any atom is 0.334 e. The number of aromatic nitrogens is 2. The average molecular weight is 284 g/mol. The lowest BCUT2D eigenvalue weighted by Crippen LogP contribution is -2.02. The molecule has 21 heavy (non-hydrogen) atoms. The molecule has 1 aliphatic rings. The molecule has 0 saturated carbocycles. The number of cyclic esters (lactones) is 1. The van der Waals surface area contributed by atoms with E-state index in [0.29, 0.717) is 18.5 Å². The van der Waals surface area contributed by atoms with Gasteiger partial charge in [-0.2, -0.15) is 5.10 Å². The van der Waals surface area contributed by atoms with Crippen molar-refractivity contribution in [1.29, 1.82) is 0 Å². The fraction of sp³-hybridized carbons (Fsp3) is 0.250. The van der Waals surface area contributed by atoms with Crippen molar-refractivity contribution in [3.8, 4) is 11.1 Å². The topological polar surface area (TPSA) is 64.3 Å². The second-order valence-corrected chi connectivity index (χ2v) is 5.00. The molecule has 0 spiro atoms. The van der Waals surface area contributed by atoms with Crippen LogP contribution in [-0.2, 0) is 16.1 Å². The van der Waals surface area contributed by atoms with Gasteiger partial charge in [0.25, 0.3) is 0 Å². The lowest BCUT2D eigenvalue weighted by atomic mass is 9.96. The van der Waals surface area contributed by atoms with Gasteiger partial charge in [-0.15, -0.1) is 0 Å². The van der Waals surface area contributed by atoms with Crippen LogP contribution in [0.4, 0.5) is 0 Å². The number of aliphatic hydroxyl groups excluding tert-OH is 1. The summed E-state index contributed by atoms with van der Waals surface area (Å²) in [7, 11) is 0.